The predicted molar refractivity (Wildman–Crippen MR) is 74.0 cm³/mol. The third kappa shape index (κ3) is 1.98. The molecule has 0 aromatic heterocycles. The molecule has 1 nitrogen and oxygen atoms in total. The van der Waals surface area contributed by atoms with Crippen molar-refractivity contribution in [2.75, 3.05) is 0 Å². The molecule has 0 bridgehead atoms. The monoisotopic (exact) mass is 236 g/mol. The van der Waals surface area contributed by atoms with E-state index in [1.165, 1.54) is 5.57 Å². The number of hydrogen-bond donors (Lipinski definition) is 0. The molecule has 0 amide bonds. The third-order valence-electron chi connectivity index (χ3n) is 5.38. The normalized spacial score (nSPS) is 28.7. The minimum atomic E-state index is 0.192. The van der Waals surface area contributed by atoms with Gasteiger partial charge in [-0.15, -0.1) is 0 Å². The Labute approximate surface area is 107 Å². The van der Waals surface area contributed by atoms with Gasteiger partial charge in [0.1, 0.15) is 0 Å². The minimum absolute atomic E-state index is 0.192. The molecular formula is C16H28O. The molecule has 0 N–H and O–H groups in total. The summed E-state index contributed by atoms with van der Waals surface area (Å²) >= 11 is 0. The fourth-order valence-corrected chi connectivity index (χ4v) is 4.06. The second kappa shape index (κ2) is 5.37. The van der Waals surface area contributed by atoms with Gasteiger partial charge in [0.15, 0.2) is 5.78 Å². The molecule has 0 radical (unpaired) electrons. The van der Waals surface area contributed by atoms with Crippen LogP contribution in [0.15, 0.2) is 11.1 Å². The fourth-order valence-electron chi connectivity index (χ4n) is 4.06. The number of allylic oxidation sites excluding steroid dienone is 2. The van der Waals surface area contributed by atoms with Crippen molar-refractivity contribution in [1.29, 1.82) is 0 Å². The molecule has 98 valence electrons. The van der Waals surface area contributed by atoms with Crippen molar-refractivity contribution in [3.05, 3.63) is 11.1 Å². The predicted octanol–water partition coefficient (Wildman–Crippen LogP) is 4.76. The summed E-state index contributed by atoms with van der Waals surface area (Å²) in [4.78, 5) is 12.5. The molecule has 0 saturated carbocycles. The Bertz CT molecular complexity index is 320. The van der Waals surface area contributed by atoms with Gasteiger partial charge in [0.2, 0.25) is 0 Å². The van der Waals surface area contributed by atoms with E-state index in [0.717, 1.165) is 31.3 Å². The zero-order valence-corrected chi connectivity index (χ0v) is 12.4. The van der Waals surface area contributed by atoms with Crippen LogP contribution in [0, 0.1) is 17.3 Å². The number of Topliss-reactive ketones (excluding diaryl/α,β-unsaturated/α-hetero) is 1. The molecule has 1 rings (SSSR count). The summed E-state index contributed by atoms with van der Waals surface area (Å²) in [6, 6.07) is 0. The van der Waals surface area contributed by atoms with Crippen LogP contribution in [0.5, 0.6) is 0 Å². The largest absolute Gasteiger partial charge is 0.294 e. The molecule has 2 unspecified atom stereocenters. The van der Waals surface area contributed by atoms with Crippen molar-refractivity contribution in [3.63, 3.8) is 0 Å². The summed E-state index contributed by atoms with van der Waals surface area (Å²) in [5.74, 6) is 1.18. The third-order valence-corrected chi connectivity index (χ3v) is 5.38. The summed E-state index contributed by atoms with van der Waals surface area (Å²) in [5.41, 5.74) is 2.76. The topological polar surface area (TPSA) is 17.1 Å². The van der Waals surface area contributed by atoms with Gasteiger partial charge in [0.05, 0.1) is 0 Å². The van der Waals surface area contributed by atoms with Crippen LogP contribution in [0.2, 0.25) is 0 Å². The maximum Gasteiger partial charge on any atom is 0.162 e. The molecule has 0 aromatic rings. The van der Waals surface area contributed by atoms with E-state index < -0.39 is 0 Å². The standard InChI is InChI=1S/C16H28O/c1-7-13-11(5)16(9-3,10-4)12(6)15(17)14(13)8-2/h11-12H,7-10H2,1-6H3. The maximum absolute atomic E-state index is 12.5. The lowest BCUT2D eigenvalue weighted by molar-refractivity contribution is -0.126. The highest BCUT2D eigenvalue weighted by molar-refractivity contribution is 5.99. The average Bonchev–Trinajstić information content (AvgIpc) is 2.35. The van der Waals surface area contributed by atoms with E-state index in [1.807, 2.05) is 0 Å². The van der Waals surface area contributed by atoms with Crippen LogP contribution in [0.4, 0.5) is 0 Å². The van der Waals surface area contributed by atoms with Gasteiger partial charge >= 0.3 is 0 Å². The molecule has 0 spiro atoms. The van der Waals surface area contributed by atoms with Crippen molar-refractivity contribution >= 4 is 5.78 Å². The number of rotatable bonds is 4. The Morgan fingerprint density at radius 2 is 1.47 bits per heavy atom. The minimum Gasteiger partial charge on any atom is -0.294 e. The zero-order chi connectivity index (χ0) is 13.2. The highest BCUT2D eigenvalue weighted by Gasteiger charge is 2.47. The molecule has 2 atom stereocenters. The van der Waals surface area contributed by atoms with E-state index >= 15 is 0 Å². The van der Waals surface area contributed by atoms with E-state index in [1.54, 1.807) is 0 Å². The van der Waals surface area contributed by atoms with Gasteiger partial charge in [-0.25, -0.2) is 0 Å². The van der Waals surface area contributed by atoms with Gasteiger partial charge in [-0.2, -0.15) is 0 Å². The number of carbonyl (C=O) groups excluding carboxylic acids is 1. The van der Waals surface area contributed by atoms with Gasteiger partial charge in [-0.05, 0) is 42.6 Å². The van der Waals surface area contributed by atoms with Crippen LogP contribution in [0.1, 0.15) is 67.2 Å². The first kappa shape index (κ1) is 14.5. The van der Waals surface area contributed by atoms with Crippen molar-refractivity contribution in [2.45, 2.75) is 67.2 Å². The lowest BCUT2D eigenvalue weighted by Crippen LogP contribution is -2.44. The molecule has 0 fully saturated rings. The quantitative estimate of drug-likeness (QED) is 0.687. The Morgan fingerprint density at radius 1 is 0.941 bits per heavy atom. The lowest BCUT2D eigenvalue weighted by Gasteiger charge is -2.47. The van der Waals surface area contributed by atoms with Gasteiger partial charge in [-0.1, -0.05) is 47.1 Å². The van der Waals surface area contributed by atoms with Crippen LogP contribution < -0.4 is 0 Å². The SMILES string of the molecule is CCC1=C(CC)C(C)C(CC)(CC)C(C)C1=O. The highest BCUT2D eigenvalue weighted by atomic mass is 16.1. The lowest BCUT2D eigenvalue weighted by atomic mass is 9.56. The van der Waals surface area contributed by atoms with Crippen molar-refractivity contribution in [1.82, 2.24) is 0 Å². The number of ketones is 1. The zero-order valence-electron chi connectivity index (χ0n) is 12.4. The van der Waals surface area contributed by atoms with Gasteiger partial charge in [0, 0.05) is 5.92 Å². The second-order valence-electron chi connectivity index (χ2n) is 5.46. The van der Waals surface area contributed by atoms with E-state index in [0.29, 0.717) is 11.7 Å². The first-order chi connectivity index (χ1) is 7.99. The Hall–Kier alpha value is -0.590. The summed E-state index contributed by atoms with van der Waals surface area (Å²) in [7, 11) is 0. The summed E-state index contributed by atoms with van der Waals surface area (Å²) in [6.07, 6.45) is 4.15. The van der Waals surface area contributed by atoms with Crippen molar-refractivity contribution in [2.24, 2.45) is 17.3 Å². The fraction of sp³-hybridized carbons (Fsp3) is 0.812. The van der Waals surface area contributed by atoms with Gasteiger partial charge in [0.25, 0.3) is 0 Å². The van der Waals surface area contributed by atoms with Crippen LogP contribution in [0.3, 0.4) is 0 Å². The Kier molecular flexibility index (Phi) is 4.57. The van der Waals surface area contributed by atoms with Gasteiger partial charge in [-0.3, -0.25) is 4.79 Å². The van der Waals surface area contributed by atoms with Crippen molar-refractivity contribution < 1.29 is 4.79 Å². The molecule has 1 aliphatic carbocycles. The molecule has 1 heteroatoms. The van der Waals surface area contributed by atoms with E-state index in [2.05, 4.69) is 41.5 Å². The molecule has 0 heterocycles. The molecule has 0 aliphatic heterocycles. The molecule has 0 aromatic carbocycles. The van der Waals surface area contributed by atoms with Crippen molar-refractivity contribution in [3.8, 4) is 0 Å². The smallest absolute Gasteiger partial charge is 0.162 e. The summed E-state index contributed by atoms with van der Waals surface area (Å²) in [5, 5.41) is 0. The average molecular weight is 236 g/mol. The van der Waals surface area contributed by atoms with E-state index in [-0.39, 0.29) is 11.3 Å². The molecular weight excluding hydrogens is 208 g/mol. The van der Waals surface area contributed by atoms with Gasteiger partial charge < -0.3 is 0 Å². The van der Waals surface area contributed by atoms with Crippen LogP contribution >= 0.6 is 0 Å². The number of hydrogen-bond acceptors (Lipinski definition) is 1. The Balaban J connectivity index is 3.36. The maximum atomic E-state index is 12.5. The van der Waals surface area contributed by atoms with Crippen LogP contribution in [-0.2, 0) is 4.79 Å². The molecule has 0 saturated heterocycles. The van der Waals surface area contributed by atoms with Crippen LogP contribution in [-0.4, -0.2) is 5.78 Å². The summed E-state index contributed by atoms with van der Waals surface area (Å²) < 4.78 is 0. The Morgan fingerprint density at radius 3 is 1.82 bits per heavy atom. The first-order valence-electron chi connectivity index (χ1n) is 7.26. The van der Waals surface area contributed by atoms with E-state index in [4.69, 9.17) is 0 Å². The van der Waals surface area contributed by atoms with E-state index in [9.17, 15) is 4.79 Å². The summed E-state index contributed by atoms with van der Waals surface area (Å²) in [6.45, 7) is 13.3. The van der Waals surface area contributed by atoms with Crippen LogP contribution in [0.25, 0.3) is 0 Å². The molecule has 17 heavy (non-hydrogen) atoms. The number of carbonyl (C=O) groups is 1. The first-order valence-corrected chi connectivity index (χ1v) is 7.26. The highest BCUT2D eigenvalue weighted by Crippen LogP contribution is 2.51. The second-order valence-corrected chi connectivity index (χ2v) is 5.46. The molecule has 1 aliphatic rings.